The number of nitrogens with zero attached hydrogens (tertiary/aromatic N) is 2. The lowest BCUT2D eigenvalue weighted by atomic mass is 10.1. The number of nitrogens with one attached hydrogen (secondary N) is 1. The van der Waals surface area contributed by atoms with Gasteiger partial charge in [-0.15, -0.1) is 0 Å². The number of ether oxygens (including phenoxy) is 1. The zero-order valence-electron chi connectivity index (χ0n) is 10.8. The molecule has 4 nitrogen and oxygen atoms in total. The Bertz CT molecular complexity index is 501. The minimum atomic E-state index is 0.401. The van der Waals surface area contributed by atoms with Crippen molar-refractivity contribution in [1.82, 2.24) is 9.97 Å². The fraction of sp³-hybridized carbons (Fsp3) is 0.500. The molecule has 1 fully saturated rings. The topological polar surface area (TPSA) is 41.1 Å². The van der Waals surface area contributed by atoms with Crippen molar-refractivity contribution < 1.29 is 4.74 Å². The maximum atomic E-state index is 5.77. The fourth-order valence-corrected chi connectivity index (χ4v) is 2.72. The van der Waals surface area contributed by atoms with E-state index in [9.17, 15) is 0 Å². The number of para-hydroxylation sites is 2. The zero-order valence-corrected chi connectivity index (χ0v) is 12.4. The molecule has 0 aliphatic carbocycles. The van der Waals surface area contributed by atoms with E-state index < -0.39 is 0 Å². The third-order valence-electron chi connectivity index (χ3n) is 3.55. The molecular weight excluding hydrogens is 306 g/mol. The number of piperidine rings is 1. The number of H-pyrrole nitrogens is 1. The van der Waals surface area contributed by atoms with Crippen LogP contribution in [0.5, 0.6) is 0 Å². The first kappa shape index (κ1) is 12.9. The van der Waals surface area contributed by atoms with Gasteiger partial charge >= 0.3 is 0 Å². The van der Waals surface area contributed by atoms with Crippen LogP contribution in [0.25, 0.3) is 11.0 Å². The Hall–Kier alpha value is -1.07. The summed E-state index contributed by atoms with van der Waals surface area (Å²) in [4.78, 5) is 10.3. The van der Waals surface area contributed by atoms with Gasteiger partial charge in [0.1, 0.15) is 0 Å². The van der Waals surface area contributed by atoms with E-state index in [0.29, 0.717) is 6.10 Å². The van der Waals surface area contributed by atoms with E-state index in [4.69, 9.17) is 4.74 Å². The molecule has 1 aliphatic rings. The SMILES string of the molecule is BrCCOC1CCN(c2nc3ccccc3[nH]2)CC1. The summed E-state index contributed by atoms with van der Waals surface area (Å²) in [6, 6.07) is 8.16. The van der Waals surface area contributed by atoms with Gasteiger partial charge in [-0.25, -0.2) is 4.98 Å². The van der Waals surface area contributed by atoms with Gasteiger partial charge in [0.15, 0.2) is 0 Å². The van der Waals surface area contributed by atoms with Gasteiger partial charge in [-0.1, -0.05) is 28.1 Å². The molecule has 0 bridgehead atoms. The molecule has 2 aromatic rings. The van der Waals surface area contributed by atoms with Crippen LogP contribution < -0.4 is 4.90 Å². The average Bonchev–Trinajstić information content (AvgIpc) is 2.89. The predicted molar refractivity (Wildman–Crippen MR) is 81.1 cm³/mol. The van der Waals surface area contributed by atoms with Gasteiger partial charge in [-0.3, -0.25) is 0 Å². The molecule has 1 aromatic carbocycles. The number of aromatic amines is 1. The number of benzene rings is 1. The Morgan fingerprint density at radius 3 is 2.84 bits per heavy atom. The minimum absolute atomic E-state index is 0.401. The smallest absolute Gasteiger partial charge is 0.203 e. The predicted octanol–water partition coefficient (Wildman–Crippen LogP) is 2.94. The summed E-state index contributed by atoms with van der Waals surface area (Å²) in [5, 5.41) is 0.913. The lowest BCUT2D eigenvalue weighted by molar-refractivity contribution is 0.0479. The van der Waals surface area contributed by atoms with Crippen molar-refractivity contribution in [3.05, 3.63) is 24.3 Å². The van der Waals surface area contributed by atoms with E-state index in [1.54, 1.807) is 0 Å². The highest BCUT2D eigenvalue weighted by molar-refractivity contribution is 9.09. The highest BCUT2D eigenvalue weighted by Gasteiger charge is 2.21. The Morgan fingerprint density at radius 2 is 2.11 bits per heavy atom. The summed E-state index contributed by atoms with van der Waals surface area (Å²) < 4.78 is 5.77. The quantitative estimate of drug-likeness (QED) is 0.879. The largest absolute Gasteiger partial charge is 0.377 e. The van der Waals surface area contributed by atoms with Crippen molar-refractivity contribution in [2.75, 3.05) is 29.9 Å². The molecule has 102 valence electrons. The lowest BCUT2D eigenvalue weighted by Gasteiger charge is -2.31. The molecule has 1 aliphatic heterocycles. The van der Waals surface area contributed by atoms with E-state index in [0.717, 1.165) is 54.8 Å². The Balaban J connectivity index is 1.64. The van der Waals surface area contributed by atoms with Crippen LogP contribution in [0.2, 0.25) is 0 Å². The van der Waals surface area contributed by atoms with Gasteiger partial charge in [0.2, 0.25) is 5.95 Å². The summed E-state index contributed by atoms with van der Waals surface area (Å²) >= 11 is 3.39. The van der Waals surface area contributed by atoms with Gasteiger partial charge in [-0.2, -0.15) is 0 Å². The Labute approximate surface area is 121 Å². The molecule has 2 heterocycles. The first-order chi connectivity index (χ1) is 9.36. The van der Waals surface area contributed by atoms with Crippen LogP contribution in [0.1, 0.15) is 12.8 Å². The van der Waals surface area contributed by atoms with Crippen molar-refractivity contribution in [1.29, 1.82) is 0 Å². The maximum Gasteiger partial charge on any atom is 0.203 e. The number of hydrogen-bond donors (Lipinski definition) is 1. The highest BCUT2D eigenvalue weighted by Crippen LogP contribution is 2.21. The molecule has 3 rings (SSSR count). The minimum Gasteiger partial charge on any atom is -0.377 e. The van der Waals surface area contributed by atoms with Crippen molar-refractivity contribution in [3.8, 4) is 0 Å². The molecule has 1 saturated heterocycles. The van der Waals surface area contributed by atoms with Crippen molar-refractivity contribution in [3.63, 3.8) is 0 Å². The van der Waals surface area contributed by atoms with Crippen molar-refractivity contribution >= 4 is 32.9 Å². The summed E-state index contributed by atoms with van der Waals surface area (Å²) in [7, 11) is 0. The molecule has 0 saturated carbocycles. The molecule has 19 heavy (non-hydrogen) atoms. The van der Waals surface area contributed by atoms with Crippen molar-refractivity contribution in [2.24, 2.45) is 0 Å². The van der Waals surface area contributed by atoms with E-state index in [1.165, 1.54) is 0 Å². The zero-order chi connectivity index (χ0) is 13.1. The summed E-state index contributed by atoms with van der Waals surface area (Å²) in [6.07, 6.45) is 2.55. The second-order valence-corrected chi connectivity index (χ2v) is 5.62. The van der Waals surface area contributed by atoms with Gasteiger partial charge in [0, 0.05) is 18.4 Å². The normalized spacial score (nSPS) is 17.2. The van der Waals surface area contributed by atoms with Crippen LogP contribution in [0.3, 0.4) is 0 Å². The number of rotatable bonds is 4. The first-order valence-corrected chi connectivity index (χ1v) is 7.86. The Kier molecular flexibility index (Phi) is 4.03. The Morgan fingerprint density at radius 1 is 1.32 bits per heavy atom. The van der Waals surface area contributed by atoms with E-state index in [2.05, 4.69) is 36.9 Å². The van der Waals surface area contributed by atoms with Crippen molar-refractivity contribution in [2.45, 2.75) is 18.9 Å². The van der Waals surface area contributed by atoms with E-state index in [1.807, 2.05) is 18.2 Å². The van der Waals surface area contributed by atoms with Crippen LogP contribution in [-0.2, 0) is 4.74 Å². The summed E-state index contributed by atoms with van der Waals surface area (Å²) in [5.74, 6) is 0.986. The average molecular weight is 324 g/mol. The van der Waals surface area contributed by atoms with Gasteiger partial charge in [-0.05, 0) is 25.0 Å². The molecular formula is C14H18BrN3O. The summed E-state index contributed by atoms with van der Waals surface area (Å²) in [6.45, 7) is 2.81. The number of halogens is 1. The molecule has 0 atom stereocenters. The first-order valence-electron chi connectivity index (χ1n) is 6.74. The summed E-state index contributed by atoms with van der Waals surface area (Å²) in [5.41, 5.74) is 2.14. The maximum absolute atomic E-state index is 5.77. The van der Waals surface area contributed by atoms with Crippen LogP contribution in [0.4, 0.5) is 5.95 Å². The standard InChI is InChI=1S/C14H18BrN3O/c15-7-10-19-11-5-8-18(9-6-11)14-16-12-3-1-2-4-13(12)17-14/h1-4,11H,5-10H2,(H,16,17). The number of alkyl halides is 1. The van der Waals surface area contributed by atoms with Gasteiger partial charge in [0.05, 0.1) is 23.7 Å². The van der Waals surface area contributed by atoms with Crippen LogP contribution >= 0.6 is 15.9 Å². The van der Waals surface area contributed by atoms with Crippen LogP contribution in [-0.4, -0.2) is 41.1 Å². The molecule has 0 radical (unpaired) electrons. The van der Waals surface area contributed by atoms with E-state index in [-0.39, 0.29) is 0 Å². The molecule has 0 amide bonds. The number of fused-ring (bicyclic) bond motifs is 1. The van der Waals surface area contributed by atoms with Crippen LogP contribution in [0.15, 0.2) is 24.3 Å². The van der Waals surface area contributed by atoms with E-state index >= 15 is 0 Å². The number of hydrogen-bond acceptors (Lipinski definition) is 3. The molecule has 1 N–H and O–H groups in total. The monoisotopic (exact) mass is 323 g/mol. The number of imidazole rings is 1. The second kappa shape index (κ2) is 5.92. The number of anilines is 1. The third kappa shape index (κ3) is 2.92. The molecule has 5 heteroatoms. The molecule has 0 unspecified atom stereocenters. The highest BCUT2D eigenvalue weighted by atomic mass is 79.9. The molecule has 1 aromatic heterocycles. The lowest BCUT2D eigenvalue weighted by Crippen LogP contribution is -2.37. The van der Waals surface area contributed by atoms with Crippen LogP contribution in [0, 0.1) is 0 Å². The van der Waals surface area contributed by atoms with Gasteiger partial charge < -0.3 is 14.6 Å². The molecule has 0 spiro atoms. The third-order valence-corrected chi connectivity index (χ3v) is 3.87. The fourth-order valence-electron chi connectivity index (χ4n) is 2.53. The number of aromatic nitrogens is 2. The second-order valence-electron chi connectivity index (χ2n) is 4.82. The van der Waals surface area contributed by atoms with Gasteiger partial charge in [0.25, 0.3) is 0 Å².